The van der Waals surface area contributed by atoms with Crippen molar-refractivity contribution < 1.29 is 178 Å². The summed E-state index contributed by atoms with van der Waals surface area (Å²) >= 11 is 3.49. The molecule has 0 amide bonds. The molecule has 15 nitrogen and oxygen atoms in total. The molecule has 137 heavy (non-hydrogen) atoms. The van der Waals surface area contributed by atoms with Crippen LogP contribution in [0.1, 0.15) is 52.4 Å². The molecule has 2 fully saturated rings. The Labute approximate surface area is 919 Å². The van der Waals surface area contributed by atoms with Crippen LogP contribution >= 0.6 is 47.6 Å². The third-order valence-corrected chi connectivity index (χ3v) is 31.9. The molecule has 2 saturated heterocycles. The number of halogens is 1. The summed E-state index contributed by atoms with van der Waals surface area (Å²) in [6.45, 7) is 1.47. The smallest absolute Gasteiger partial charge is 1.00 e. The largest absolute Gasteiger partial charge is 1.00 e. The third-order valence-electron chi connectivity index (χ3n) is 21.6. The van der Waals surface area contributed by atoms with Crippen molar-refractivity contribution in [1.82, 2.24) is 19.6 Å². The summed E-state index contributed by atoms with van der Waals surface area (Å²) in [6, 6.07) is 153. The Bertz CT molecular complexity index is 5540. The van der Waals surface area contributed by atoms with E-state index in [2.05, 4.69) is 425 Å². The number of benzene rings is 16. The number of ether oxygens (including phenoxy) is 6. The zero-order valence-corrected chi connectivity index (χ0v) is 90.5. The standard InChI is InChI=1S/C20H22N2O3.4C18H15P.C12H13BrN2O.C8H11BO4.CH2O3.2K.Pd.H/c1-23-17-9-16(10-18(12-17)24-2)14-6-7-15-13-21-22(19(15)11-14)20-5-3-4-8-25-20;4*1-4-10-16(11-5-1)19(17-12-6-2-7-13-17)18-14-8-3-9-15-18;13-10-5-4-9-8-14-15(11(9)7-10)12-3-1-2-6-16-12;1-12-7-3-6(9(10)11)4-8(5-7)13-2;2-1-4-3;;;;/h6-7,9-13,20H,3-5,8H2,1-2H3;4*1-15H;4-5,7-8,12H,1-3,6H2;3-5,10-11H,1-2H3;1,3H;;;;/q;;;;;;;;2*+1;;-1/p-1. The van der Waals surface area contributed by atoms with Crippen molar-refractivity contribution in [2.75, 3.05) is 41.7 Å². The predicted molar refractivity (Wildman–Crippen MR) is 562 cm³/mol. The van der Waals surface area contributed by atoms with E-state index in [1.807, 2.05) is 46.0 Å². The third kappa shape index (κ3) is 33.4. The van der Waals surface area contributed by atoms with E-state index in [-0.39, 0.29) is 144 Å². The normalized spacial score (nSPS) is 12.6. The number of nitrogens with zero attached hydrogens (tertiary/aromatic N) is 4. The van der Waals surface area contributed by atoms with Crippen LogP contribution in [0.15, 0.2) is 454 Å². The number of fused-ring (bicyclic) bond motifs is 2. The van der Waals surface area contributed by atoms with Crippen molar-refractivity contribution in [3.8, 4) is 34.1 Å². The number of carbonyl (C=O) groups excluding carboxylic acids is 1. The average molecular weight is 2100 g/mol. The van der Waals surface area contributed by atoms with E-state index in [1.165, 1.54) is 109 Å². The quantitative estimate of drug-likeness (QED) is 0.0228. The summed E-state index contributed by atoms with van der Waals surface area (Å²) in [4.78, 5) is 11.2. The van der Waals surface area contributed by atoms with Gasteiger partial charge in [-0.05, 0) is 193 Å². The van der Waals surface area contributed by atoms with Gasteiger partial charge in [0.05, 0.1) is 51.9 Å². The van der Waals surface area contributed by atoms with Crippen LogP contribution in [-0.4, -0.2) is 84.9 Å². The van der Waals surface area contributed by atoms with E-state index in [0.29, 0.717) is 17.0 Å². The minimum Gasteiger partial charge on any atom is -1.00 e. The average Bonchev–Trinajstić information content (AvgIpc) is 1.61. The molecule has 4 heterocycles. The molecule has 2 aliphatic rings. The monoisotopic (exact) mass is 2090 g/mol. The molecular weight excluding hydrogens is 1990 g/mol. The van der Waals surface area contributed by atoms with Gasteiger partial charge in [0.2, 0.25) is 0 Å². The first-order valence-corrected chi connectivity index (χ1v) is 50.4. The maximum absolute atomic E-state index is 8.91. The molecule has 20 rings (SSSR count). The summed E-state index contributed by atoms with van der Waals surface area (Å²) in [5, 5.41) is 54.3. The summed E-state index contributed by atoms with van der Waals surface area (Å²) in [6.07, 6.45) is 10.7. The van der Waals surface area contributed by atoms with Gasteiger partial charge >= 0.3 is 110 Å². The summed E-state index contributed by atoms with van der Waals surface area (Å²) < 4.78 is 37.4. The fourth-order valence-electron chi connectivity index (χ4n) is 15.2. The minimum absolute atomic E-state index is 0. The second kappa shape index (κ2) is 61.0. The molecule has 18 aromatic rings. The topological polar surface area (TPSA) is 181 Å². The summed E-state index contributed by atoms with van der Waals surface area (Å²) in [5.41, 5.74) is 4.72. The molecule has 2 aliphatic heterocycles. The van der Waals surface area contributed by atoms with Crippen molar-refractivity contribution in [2.45, 2.75) is 51.0 Å². The number of rotatable bonds is 21. The molecule has 24 heteroatoms. The van der Waals surface area contributed by atoms with Crippen molar-refractivity contribution in [1.29, 1.82) is 0 Å². The van der Waals surface area contributed by atoms with Gasteiger partial charge in [0.15, 0.2) is 12.5 Å². The molecule has 0 spiro atoms. The Morgan fingerprint density at radius 2 is 0.577 bits per heavy atom. The van der Waals surface area contributed by atoms with Gasteiger partial charge in [-0.15, -0.1) is 0 Å². The molecule has 0 bridgehead atoms. The van der Waals surface area contributed by atoms with Gasteiger partial charge in [-0.25, -0.2) is 9.36 Å². The first kappa shape index (κ1) is 110. The SMILES string of the molecule is Brc1ccc2cnn(C3CCCCO3)c2c1.COc1cc(OC)cc(-c2ccc3cnn(C4CCCCO4)c3c2)c1.COc1cc(OC)cc(B(O)O)c1.O=CO[O-].[H-].[K+].[K+].[Pd].c1ccc(P(c2ccccc2)c2ccccc2)cc1.c1ccc(P(c2ccccc2)c2ccccc2)cc1.c1ccc(P(c2ccccc2)c2ccccc2)cc1.c1ccc(P(c2ccccc2)c2ccccc2)cc1. The van der Waals surface area contributed by atoms with E-state index in [4.69, 9.17) is 48.5 Å². The van der Waals surface area contributed by atoms with Gasteiger partial charge in [0.1, 0.15) is 23.0 Å². The Morgan fingerprint density at radius 1 is 0.343 bits per heavy atom. The number of aromatic nitrogens is 4. The summed E-state index contributed by atoms with van der Waals surface area (Å²) in [7, 11) is 3.04. The molecular formula is C113H108BBrK2N4O11P4Pd. The molecule has 688 valence electrons. The van der Waals surface area contributed by atoms with E-state index >= 15 is 0 Å². The van der Waals surface area contributed by atoms with Gasteiger partial charge in [-0.1, -0.05) is 398 Å². The van der Waals surface area contributed by atoms with E-state index in [0.717, 1.165) is 81.4 Å². The Balaban J connectivity index is 0.000000179. The minimum atomic E-state index is -1.51. The fourth-order valence-corrected chi connectivity index (χ4v) is 24.8. The maximum Gasteiger partial charge on any atom is 1.00 e. The molecule has 0 saturated carbocycles. The number of carbonyl (C=O) groups is 1. The molecule has 16 aromatic carbocycles. The molecule has 0 radical (unpaired) electrons. The van der Waals surface area contributed by atoms with Gasteiger partial charge in [0, 0.05) is 61.0 Å². The van der Waals surface area contributed by atoms with E-state index in [9.17, 15) is 0 Å². The van der Waals surface area contributed by atoms with Gasteiger partial charge in [-0.2, -0.15) is 10.2 Å². The van der Waals surface area contributed by atoms with Crippen LogP contribution in [0.5, 0.6) is 23.0 Å². The van der Waals surface area contributed by atoms with Crippen molar-refractivity contribution in [3.05, 3.63) is 454 Å². The zero-order chi connectivity index (χ0) is 93.1. The predicted octanol–water partition coefficient (Wildman–Crippen LogP) is 13.6. The van der Waals surface area contributed by atoms with Crippen LogP contribution in [0.25, 0.3) is 32.9 Å². The van der Waals surface area contributed by atoms with E-state index in [1.54, 1.807) is 20.3 Å². The Kier molecular flexibility index (Phi) is 49.0. The van der Waals surface area contributed by atoms with Crippen LogP contribution in [0.2, 0.25) is 0 Å². The molecule has 2 unspecified atom stereocenters. The molecule has 2 atom stereocenters. The Morgan fingerprint density at radius 3 is 0.796 bits per heavy atom. The number of hydrogen-bond acceptors (Lipinski definition) is 13. The van der Waals surface area contributed by atoms with Gasteiger partial charge in [-0.3, -0.25) is 4.79 Å². The van der Waals surface area contributed by atoms with Crippen molar-refractivity contribution in [2.24, 2.45) is 0 Å². The van der Waals surface area contributed by atoms with Crippen molar-refractivity contribution >= 4 is 152 Å². The number of hydrogen-bond donors (Lipinski definition) is 2. The number of methoxy groups -OCH3 is 4. The zero-order valence-electron chi connectivity index (χ0n) is 78.5. The second-order valence-electron chi connectivity index (χ2n) is 30.5. The first-order valence-electron chi connectivity index (χ1n) is 44.2. The van der Waals surface area contributed by atoms with Crippen LogP contribution < -0.4 is 196 Å². The second-order valence-corrected chi connectivity index (χ2v) is 40.3. The Hall–Kier alpha value is -8.87. The van der Waals surface area contributed by atoms with Crippen LogP contribution in [-0.2, 0) is 39.6 Å². The van der Waals surface area contributed by atoms with Crippen molar-refractivity contribution in [3.63, 3.8) is 0 Å². The van der Waals surface area contributed by atoms with Crippen LogP contribution in [0.4, 0.5) is 0 Å². The fraction of sp³-hybridized carbons (Fsp3) is 0.124. The molecule has 2 aromatic heterocycles. The van der Waals surface area contributed by atoms with Crippen LogP contribution in [0, 0.1) is 0 Å². The van der Waals surface area contributed by atoms with Gasteiger partial charge < -0.3 is 50.0 Å². The van der Waals surface area contributed by atoms with Gasteiger partial charge in [0.25, 0.3) is 6.47 Å². The molecule has 0 aliphatic carbocycles. The first-order chi connectivity index (χ1) is 66.0. The molecule has 2 N–H and O–H groups in total. The maximum atomic E-state index is 8.91. The van der Waals surface area contributed by atoms with E-state index < -0.39 is 38.8 Å². The van der Waals surface area contributed by atoms with Crippen LogP contribution in [0.3, 0.4) is 0 Å². The summed E-state index contributed by atoms with van der Waals surface area (Å²) in [5.74, 6) is 2.61.